The Morgan fingerprint density at radius 1 is 1.33 bits per heavy atom. The Kier molecular flexibility index (Phi) is 5.22. The molecule has 1 aromatic carbocycles. The van der Waals surface area contributed by atoms with E-state index in [1.165, 1.54) is 7.11 Å². The highest BCUT2D eigenvalue weighted by atomic mass is 19.1. The van der Waals surface area contributed by atoms with Crippen LogP contribution in [-0.2, 0) is 4.74 Å². The molecule has 18 heavy (non-hydrogen) atoms. The molecule has 0 N–H and O–H groups in total. The number of carbonyl (C=O) groups is 1. The van der Waals surface area contributed by atoms with E-state index in [0.29, 0.717) is 19.4 Å². The second-order valence-corrected chi connectivity index (χ2v) is 4.23. The van der Waals surface area contributed by atoms with Crippen LogP contribution >= 0.6 is 0 Å². The van der Waals surface area contributed by atoms with Crippen molar-refractivity contribution in [2.24, 2.45) is 0 Å². The molecule has 0 amide bonds. The van der Waals surface area contributed by atoms with Gasteiger partial charge in [-0.05, 0) is 26.0 Å². The van der Waals surface area contributed by atoms with Gasteiger partial charge in [-0.1, -0.05) is 0 Å². The summed E-state index contributed by atoms with van der Waals surface area (Å²) in [5.74, 6) is -1.47. The molecule has 3 nitrogen and oxygen atoms in total. The molecule has 0 fully saturated rings. The second kappa shape index (κ2) is 6.44. The van der Waals surface area contributed by atoms with E-state index in [0.717, 1.165) is 12.1 Å². The summed E-state index contributed by atoms with van der Waals surface area (Å²) >= 11 is 0. The van der Waals surface area contributed by atoms with Crippen molar-refractivity contribution in [3.63, 3.8) is 0 Å². The summed E-state index contributed by atoms with van der Waals surface area (Å²) in [6.07, 6.45) is 0.421. The number of carbonyl (C=O) groups excluding carboxylic acids is 1. The Hall–Kier alpha value is -1.49. The van der Waals surface area contributed by atoms with Gasteiger partial charge in [0.05, 0.1) is 6.61 Å². The van der Waals surface area contributed by atoms with Gasteiger partial charge >= 0.3 is 0 Å². The first-order valence-corrected chi connectivity index (χ1v) is 5.71. The van der Waals surface area contributed by atoms with Crippen LogP contribution in [0, 0.1) is 11.6 Å². The van der Waals surface area contributed by atoms with Crippen molar-refractivity contribution in [2.45, 2.75) is 19.9 Å². The van der Waals surface area contributed by atoms with Crippen molar-refractivity contribution in [2.75, 3.05) is 25.2 Å². The summed E-state index contributed by atoms with van der Waals surface area (Å²) in [4.78, 5) is 12.1. The van der Waals surface area contributed by atoms with Crippen molar-refractivity contribution < 1.29 is 18.3 Å². The third-order valence-corrected chi connectivity index (χ3v) is 2.62. The number of hydrogen-bond acceptors (Lipinski definition) is 3. The van der Waals surface area contributed by atoms with E-state index in [2.05, 4.69) is 0 Å². The van der Waals surface area contributed by atoms with E-state index in [1.54, 1.807) is 4.90 Å². The van der Waals surface area contributed by atoms with E-state index in [1.807, 2.05) is 13.8 Å². The molecule has 0 unspecified atom stereocenters. The molecule has 1 aromatic rings. The minimum atomic E-state index is -0.734. The molecule has 0 aliphatic carbocycles. The highest BCUT2D eigenvalue weighted by Gasteiger charge is 2.20. The van der Waals surface area contributed by atoms with Crippen LogP contribution < -0.4 is 4.90 Å². The van der Waals surface area contributed by atoms with E-state index >= 15 is 0 Å². The van der Waals surface area contributed by atoms with Crippen LogP contribution in [0.15, 0.2) is 12.1 Å². The molecule has 0 saturated heterocycles. The average molecular weight is 257 g/mol. The van der Waals surface area contributed by atoms with Crippen LogP contribution in [0.5, 0.6) is 0 Å². The quantitative estimate of drug-likeness (QED) is 0.734. The summed E-state index contributed by atoms with van der Waals surface area (Å²) in [7, 11) is 1.53. The van der Waals surface area contributed by atoms with Crippen LogP contribution in [0.1, 0.15) is 24.2 Å². The summed E-state index contributed by atoms with van der Waals surface area (Å²) in [5.41, 5.74) is -0.128. The van der Waals surface area contributed by atoms with Gasteiger partial charge in [0.15, 0.2) is 0 Å². The summed E-state index contributed by atoms with van der Waals surface area (Å²) in [5, 5.41) is 0. The number of benzene rings is 1. The minimum absolute atomic E-state index is 0.0100. The molecule has 1 rings (SSSR count). The Morgan fingerprint density at radius 3 is 2.28 bits per heavy atom. The lowest BCUT2D eigenvalue weighted by molar-refractivity contribution is 0.112. The maximum atomic E-state index is 13.9. The number of methoxy groups -OCH3 is 1. The van der Waals surface area contributed by atoms with Crippen molar-refractivity contribution in [3.8, 4) is 0 Å². The van der Waals surface area contributed by atoms with Gasteiger partial charge in [0.2, 0.25) is 0 Å². The second-order valence-electron chi connectivity index (χ2n) is 4.23. The molecule has 0 spiro atoms. The van der Waals surface area contributed by atoms with Gasteiger partial charge in [-0.2, -0.15) is 0 Å². The maximum absolute atomic E-state index is 13.9. The molecular formula is C13H17F2NO2. The Balaban J connectivity index is 3.15. The zero-order chi connectivity index (χ0) is 13.7. The van der Waals surface area contributed by atoms with Crippen molar-refractivity contribution >= 4 is 12.0 Å². The Bertz CT molecular complexity index is 398. The zero-order valence-electron chi connectivity index (χ0n) is 10.7. The van der Waals surface area contributed by atoms with Gasteiger partial charge in [0, 0.05) is 25.3 Å². The van der Waals surface area contributed by atoms with Crippen LogP contribution in [0.25, 0.3) is 0 Å². The van der Waals surface area contributed by atoms with Crippen LogP contribution in [0.4, 0.5) is 14.5 Å². The van der Waals surface area contributed by atoms with Gasteiger partial charge in [0.1, 0.15) is 23.6 Å². The lowest BCUT2D eigenvalue weighted by Gasteiger charge is -2.29. The molecule has 0 aromatic heterocycles. The van der Waals surface area contributed by atoms with Crippen LogP contribution in [0.2, 0.25) is 0 Å². The fourth-order valence-corrected chi connectivity index (χ4v) is 1.75. The monoisotopic (exact) mass is 257 g/mol. The third kappa shape index (κ3) is 3.26. The lowest BCUT2D eigenvalue weighted by atomic mass is 10.1. The predicted octanol–water partition coefficient (Wildman–Crippen LogP) is 2.64. The maximum Gasteiger partial charge on any atom is 0.150 e. The number of ether oxygens (including phenoxy) is 1. The first kappa shape index (κ1) is 14.6. The average Bonchev–Trinajstić information content (AvgIpc) is 2.31. The van der Waals surface area contributed by atoms with E-state index in [9.17, 15) is 13.6 Å². The summed E-state index contributed by atoms with van der Waals surface area (Å²) in [6, 6.07) is 1.99. The Labute approximate surface area is 105 Å². The number of nitrogens with zero attached hydrogens (tertiary/aromatic N) is 1. The lowest BCUT2D eigenvalue weighted by Crippen LogP contribution is -2.35. The molecule has 0 atom stereocenters. The molecule has 0 heterocycles. The Morgan fingerprint density at radius 2 is 1.89 bits per heavy atom. The molecule has 0 radical (unpaired) electrons. The third-order valence-electron chi connectivity index (χ3n) is 2.62. The van der Waals surface area contributed by atoms with Gasteiger partial charge in [-0.15, -0.1) is 0 Å². The molecule has 0 saturated carbocycles. The van der Waals surface area contributed by atoms with Crippen LogP contribution in [-0.4, -0.2) is 32.6 Å². The van der Waals surface area contributed by atoms with E-state index in [-0.39, 0.29) is 17.3 Å². The topological polar surface area (TPSA) is 29.5 Å². The first-order valence-electron chi connectivity index (χ1n) is 5.71. The standard InChI is InChI=1S/C13H17F2NO2/c1-9(2)16(4-5-18-3)13-11(14)6-10(8-17)7-12(13)15/h6-9H,4-5H2,1-3H3. The molecule has 100 valence electrons. The number of anilines is 1. The number of rotatable bonds is 6. The van der Waals surface area contributed by atoms with Gasteiger partial charge in [-0.25, -0.2) is 8.78 Å². The molecule has 0 aliphatic heterocycles. The highest BCUT2D eigenvalue weighted by molar-refractivity contribution is 5.76. The number of hydrogen-bond donors (Lipinski definition) is 0. The fraction of sp³-hybridized carbons (Fsp3) is 0.462. The first-order chi connectivity index (χ1) is 8.51. The predicted molar refractivity (Wildman–Crippen MR) is 66.1 cm³/mol. The van der Waals surface area contributed by atoms with Crippen molar-refractivity contribution in [1.29, 1.82) is 0 Å². The summed E-state index contributed by atoms with van der Waals surface area (Å²) in [6.45, 7) is 4.42. The minimum Gasteiger partial charge on any atom is -0.383 e. The van der Waals surface area contributed by atoms with Crippen molar-refractivity contribution in [1.82, 2.24) is 0 Å². The number of halogens is 2. The van der Waals surface area contributed by atoms with E-state index in [4.69, 9.17) is 4.74 Å². The smallest absolute Gasteiger partial charge is 0.150 e. The van der Waals surface area contributed by atoms with Crippen molar-refractivity contribution in [3.05, 3.63) is 29.3 Å². The molecular weight excluding hydrogens is 240 g/mol. The highest BCUT2D eigenvalue weighted by Crippen LogP contribution is 2.26. The zero-order valence-corrected chi connectivity index (χ0v) is 10.7. The molecule has 5 heteroatoms. The van der Waals surface area contributed by atoms with Crippen LogP contribution in [0.3, 0.4) is 0 Å². The summed E-state index contributed by atoms with van der Waals surface area (Å²) < 4.78 is 32.6. The largest absolute Gasteiger partial charge is 0.383 e. The molecule has 0 bridgehead atoms. The van der Waals surface area contributed by atoms with Gasteiger partial charge < -0.3 is 9.64 Å². The SMILES string of the molecule is COCCN(c1c(F)cc(C=O)cc1F)C(C)C. The molecule has 0 aliphatic rings. The van der Waals surface area contributed by atoms with Gasteiger partial charge in [-0.3, -0.25) is 4.79 Å². The van der Waals surface area contributed by atoms with Gasteiger partial charge in [0.25, 0.3) is 0 Å². The van der Waals surface area contributed by atoms with E-state index < -0.39 is 11.6 Å². The number of aldehydes is 1. The fourth-order valence-electron chi connectivity index (χ4n) is 1.75. The normalized spacial score (nSPS) is 10.8.